The molecule has 0 heteroatoms. The minimum Gasteiger partial charge on any atom is -0.0590 e. The van der Waals surface area contributed by atoms with Crippen LogP contribution in [0, 0.1) is 13.8 Å². The third kappa shape index (κ3) is 2.81. The molecule has 0 aliphatic heterocycles. The molecule has 2 aromatic rings. The van der Waals surface area contributed by atoms with Crippen LogP contribution < -0.4 is 0 Å². The van der Waals surface area contributed by atoms with Gasteiger partial charge in [0.25, 0.3) is 0 Å². The molecule has 0 saturated heterocycles. The zero-order valence-corrected chi connectivity index (χ0v) is 11.8. The Bertz CT molecular complexity index is 441. The second-order valence-corrected chi connectivity index (χ2v) is 5.40. The van der Waals surface area contributed by atoms with Gasteiger partial charge in [0, 0.05) is 0 Å². The standard InChI is InChI=1S/C18H22/c1-13-5-9-17(10-6-13)15(3)16(4)18-11-7-14(2)8-12-18/h5-12,15-16H,1-4H3/t15-,16?/m1/s1. The van der Waals surface area contributed by atoms with Crippen LogP contribution in [0.3, 0.4) is 0 Å². The van der Waals surface area contributed by atoms with Gasteiger partial charge in [-0.05, 0) is 36.8 Å². The summed E-state index contributed by atoms with van der Waals surface area (Å²) in [5.74, 6) is 1.10. The lowest BCUT2D eigenvalue weighted by molar-refractivity contribution is 0.623. The average molecular weight is 238 g/mol. The molecule has 2 atom stereocenters. The highest BCUT2D eigenvalue weighted by molar-refractivity contribution is 5.30. The van der Waals surface area contributed by atoms with E-state index >= 15 is 0 Å². The van der Waals surface area contributed by atoms with Crippen molar-refractivity contribution >= 4 is 0 Å². The van der Waals surface area contributed by atoms with E-state index in [0.717, 1.165) is 0 Å². The first-order valence-electron chi connectivity index (χ1n) is 6.71. The largest absolute Gasteiger partial charge is 0.0590 e. The van der Waals surface area contributed by atoms with Gasteiger partial charge in [0.15, 0.2) is 0 Å². The van der Waals surface area contributed by atoms with Crippen LogP contribution in [0.1, 0.15) is 47.9 Å². The highest BCUT2D eigenvalue weighted by Crippen LogP contribution is 2.32. The molecule has 0 amide bonds. The zero-order chi connectivity index (χ0) is 13.1. The van der Waals surface area contributed by atoms with Crippen LogP contribution in [0.5, 0.6) is 0 Å². The molecule has 0 heterocycles. The van der Waals surface area contributed by atoms with Gasteiger partial charge in [0.2, 0.25) is 0 Å². The minimum atomic E-state index is 0.549. The molecule has 0 aliphatic carbocycles. The lowest BCUT2D eigenvalue weighted by Crippen LogP contribution is -2.04. The molecule has 0 spiro atoms. The highest BCUT2D eigenvalue weighted by atomic mass is 14.2. The van der Waals surface area contributed by atoms with Crippen LogP contribution in [0.2, 0.25) is 0 Å². The predicted octanol–water partition coefficient (Wildman–Crippen LogP) is 5.21. The van der Waals surface area contributed by atoms with Crippen molar-refractivity contribution in [2.24, 2.45) is 0 Å². The molecule has 0 aromatic heterocycles. The molecule has 94 valence electrons. The van der Waals surface area contributed by atoms with Crippen LogP contribution in [0.15, 0.2) is 48.5 Å². The smallest absolute Gasteiger partial charge is 0.0124 e. The highest BCUT2D eigenvalue weighted by Gasteiger charge is 2.15. The van der Waals surface area contributed by atoms with Gasteiger partial charge < -0.3 is 0 Å². The third-order valence-electron chi connectivity index (χ3n) is 3.96. The average Bonchev–Trinajstić information content (AvgIpc) is 2.39. The molecule has 0 bridgehead atoms. The molecule has 18 heavy (non-hydrogen) atoms. The summed E-state index contributed by atoms with van der Waals surface area (Å²) in [6, 6.07) is 17.8. The van der Waals surface area contributed by atoms with Crippen LogP contribution >= 0.6 is 0 Å². The fourth-order valence-corrected chi connectivity index (χ4v) is 2.32. The van der Waals surface area contributed by atoms with Crippen LogP contribution in [0.25, 0.3) is 0 Å². The van der Waals surface area contributed by atoms with E-state index in [1.54, 1.807) is 0 Å². The van der Waals surface area contributed by atoms with Crippen molar-refractivity contribution in [3.63, 3.8) is 0 Å². The van der Waals surface area contributed by atoms with Gasteiger partial charge in [-0.1, -0.05) is 73.5 Å². The minimum absolute atomic E-state index is 0.549. The van der Waals surface area contributed by atoms with E-state index in [1.807, 2.05) is 0 Å². The van der Waals surface area contributed by atoms with Gasteiger partial charge in [-0.2, -0.15) is 0 Å². The Morgan fingerprint density at radius 1 is 0.556 bits per heavy atom. The fourth-order valence-electron chi connectivity index (χ4n) is 2.32. The molecule has 1 unspecified atom stereocenters. The molecule has 0 nitrogen and oxygen atoms in total. The summed E-state index contributed by atoms with van der Waals surface area (Å²) in [7, 11) is 0. The van der Waals surface area contributed by atoms with Gasteiger partial charge in [-0.15, -0.1) is 0 Å². The molecule has 0 radical (unpaired) electrons. The summed E-state index contributed by atoms with van der Waals surface area (Å²) >= 11 is 0. The normalized spacial score (nSPS) is 14.2. The predicted molar refractivity (Wildman–Crippen MR) is 79.2 cm³/mol. The maximum absolute atomic E-state index is 2.31. The second kappa shape index (κ2) is 5.39. The van der Waals surface area contributed by atoms with Gasteiger partial charge in [0.1, 0.15) is 0 Å². The lowest BCUT2D eigenvalue weighted by atomic mass is 9.84. The lowest BCUT2D eigenvalue weighted by Gasteiger charge is -2.21. The first kappa shape index (κ1) is 12.9. The number of benzene rings is 2. The van der Waals surface area contributed by atoms with Crippen molar-refractivity contribution in [3.8, 4) is 0 Å². The van der Waals surface area contributed by atoms with Gasteiger partial charge in [-0.3, -0.25) is 0 Å². The molecule has 0 aliphatic rings. The Hall–Kier alpha value is -1.56. The third-order valence-corrected chi connectivity index (χ3v) is 3.96. The zero-order valence-electron chi connectivity index (χ0n) is 11.8. The van der Waals surface area contributed by atoms with E-state index in [9.17, 15) is 0 Å². The van der Waals surface area contributed by atoms with Crippen molar-refractivity contribution < 1.29 is 0 Å². The van der Waals surface area contributed by atoms with Gasteiger partial charge in [0.05, 0.1) is 0 Å². The Labute approximate surface area is 111 Å². The summed E-state index contributed by atoms with van der Waals surface area (Å²) in [4.78, 5) is 0. The number of rotatable bonds is 3. The number of aryl methyl sites for hydroxylation is 2. The molecular weight excluding hydrogens is 216 g/mol. The van der Waals surface area contributed by atoms with Gasteiger partial charge in [-0.25, -0.2) is 0 Å². The quantitative estimate of drug-likeness (QED) is 0.688. The maximum atomic E-state index is 2.31. The first-order chi connectivity index (χ1) is 8.58. The summed E-state index contributed by atoms with van der Waals surface area (Å²) in [6.07, 6.45) is 0. The maximum Gasteiger partial charge on any atom is -0.0124 e. The van der Waals surface area contributed by atoms with Crippen molar-refractivity contribution in [3.05, 3.63) is 70.8 Å². The fraction of sp³-hybridized carbons (Fsp3) is 0.333. The Morgan fingerprint density at radius 2 is 0.833 bits per heavy atom. The van der Waals surface area contributed by atoms with E-state index < -0.39 is 0 Å². The van der Waals surface area contributed by atoms with E-state index in [1.165, 1.54) is 22.3 Å². The molecule has 0 saturated carbocycles. The molecule has 0 N–H and O–H groups in total. The van der Waals surface area contributed by atoms with Crippen molar-refractivity contribution in [1.29, 1.82) is 0 Å². The first-order valence-corrected chi connectivity index (χ1v) is 6.71. The van der Waals surface area contributed by atoms with Crippen molar-refractivity contribution in [1.82, 2.24) is 0 Å². The SMILES string of the molecule is Cc1ccc(C(C)[C@@H](C)c2ccc(C)cc2)cc1. The van der Waals surface area contributed by atoms with E-state index in [4.69, 9.17) is 0 Å². The topological polar surface area (TPSA) is 0 Å². The summed E-state index contributed by atoms with van der Waals surface area (Å²) < 4.78 is 0. The summed E-state index contributed by atoms with van der Waals surface area (Å²) in [6.45, 7) is 8.90. The molecule has 0 fully saturated rings. The van der Waals surface area contributed by atoms with Crippen molar-refractivity contribution in [2.75, 3.05) is 0 Å². The Balaban J connectivity index is 2.20. The van der Waals surface area contributed by atoms with Crippen LogP contribution in [0.4, 0.5) is 0 Å². The Morgan fingerprint density at radius 3 is 1.11 bits per heavy atom. The molecular formula is C18H22. The van der Waals surface area contributed by atoms with Crippen LogP contribution in [-0.4, -0.2) is 0 Å². The van der Waals surface area contributed by atoms with E-state index in [0.29, 0.717) is 11.8 Å². The number of hydrogen-bond acceptors (Lipinski definition) is 0. The summed E-state index contributed by atoms with van der Waals surface area (Å²) in [5, 5.41) is 0. The molecule has 2 rings (SSSR count). The molecule has 2 aromatic carbocycles. The summed E-state index contributed by atoms with van der Waals surface area (Å²) in [5.41, 5.74) is 5.50. The van der Waals surface area contributed by atoms with Gasteiger partial charge >= 0.3 is 0 Å². The number of hydrogen-bond donors (Lipinski definition) is 0. The Kier molecular flexibility index (Phi) is 3.86. The van der Waals surface area contributed by atoms with E-state index in [-0.39, 0.29) is 0 Å². The van der Waals surface area contributed by atoms with E-state index in [2.05, 4.69) is 76.2 Å². The second-order valence-electron chi connectivity index (χ2n) is 5.40. The monoisotopic (exact) mass is 238 g/mol. The van der Waals surface area contributed by atoms with Crippen molar-refractivity contribution in [2.45, 2.75) is 39.5 Å². The van der Waals surface area contributed by atoms with Crippen LogP contribution in [-0.2, 0) is 0 Å².